The summed E-state index contributed by atoms with van der Waals surface area (Å²) in [6.07, 6.45) is 0. The number of nitrogen functional groups attached to an aromatic ring is 1. The Morgan fingerprint density at radius 3 is 2.38 bits per heavy atom. The standard InChI is InChI=1S/C12H8ClF3N2O2S/c13-7-4-6(14)5-9(16)12(7)18-21(19,20)10-3-1-2-8(15)11(10)17/h1-5,18H,17H2. The van der Waals surface area contributed by atoms with Crippen LogP contribution in [0.4, 0.5) is 24.5 Å². The number of para-hydroxylation sites is 1. The van der Waals surface area contributed by atoms with E-state index in [1.165, 1.54) is 0 Å². The number of anilines is 2. The highest BCUT2D eigenvalue weighted by atomic mass is 35.5. The van der Waals surface area contributed by atoms with E-state index in [9.17, 15) is 21.6 Å². The van der Waals surface area contributed by atoms with E-state index in [0.29, 0.717) is 6.07 Å². The quantitative estimate of drug-likeness (QED) is 0.846. The van der Waals surface area contributed by atoms with Crippen molar-refractivity contribution < 1.29 is 21.6 Å². The highest BCUT2D eigenvalue weighted by molar-refractivity contribution is 7.92. The molecule has 9 heteroatoms. The molecule has 0 aliphatic carbocycles. The van der Waals surface area contributed by atoms with Gasteiger partial charge in [0, 0.05) is 6.07 Å². The zero-order chi connectivity index (χ0) is 15.8. The Kier molecular flexibility index (Phi) is 4.02. The lowest BCUT2D eigenvalue weighted by molar-refractivity contribution is 0.582. The Bertz CT molecular complexity index is 789. The summed E-state index contributed by atoms with van der Waals surface area (Å²) in [6, 6.07) is 4.33. The molecule has 0 fully saturated rings. The zero-order valence-corrected chi connectivity index (χ0v) is 11.8. The fourth-order valence-electron chi connectivity index (χ4n) is 1.58. The Balaban J connectivity index is 2.50. The van der Waals surface area contributed by atoms with Crippen LogP contribution in [-0.2, 0) is 10.0 Å². The molecule has 0 unspecified atom stereocenters. The molecule has 0 spiro atoms. The molecule has 0 aliphatic rings. The van der Waals surface area contributed by atoms with Crippen molar-refractivity contribution in [1.82, 2.24) is 0 Å². The zero-order valence-electron chi connectivity index (χ0n) is 10.2. The molecule has 0 bridgehead atoms. The Labute approximate surface area is 123 Å². The van der Waals surface area contributed by atoms with Crippen LogP contribution in [0.3, 0.4) is 0 Å². The first-order valence-electron chi connectivity index (χ1n) is 5.43. The highest BCUT2D eigenvalue weighted by Gasteiger charge is 2.22. The van der Waals surface area contributed by atoms with Crippen LogP contribution >= 0.6 is 11.6 Å². The monoisotopic (exact) mass is 336 g/mol. The fourth-order valence-corrected chi connectivity index (χ4v) is 3.11. The van der Waals surface area contributed by atoms with E-state index in [-0.39, 0.29) is 0 Å². The number of rotatable bonds is 3. The van der Waals surface area contributed by atoms with Crippen molar-refractivity contribution >= 4 is 33.0 Å². The van der Waals surface area contributed by atoms with Crippen molar-refractivity contribution in [3.63, 3.8) is 0 Å². The van der Waals surface area contributed by atoms with Gasteiger partial charge in [-0.2, -0.15) is 0 Å². The van der Waals surface area contributed by atoms with Crippen LogP contribution < -0.4 is 10.5 Å². The summed E-state index contributed by atoms with van der Waals surface area (Å²) in [5.41, 5.74) is 4.07. The van der Waals surface area contributed by atoms with Crippen LogP contribution in [-0.4, -0.2) is 8.42 Å². The molecule has 0 saturated heterocycles. The molecule has 0 radical (unpaired) electrons. The Hall–Kier alpha value is -1.93. The highest BCUT2D eigenvalue weighted by Crippen LogP contribution is 2.30. The van der Waals surface area contributed by atoms with E-state index in [2.05, 4.69) is 0 Å². The average molecular weight is 337 g/mol. The minimum absolute atomic E-state index is 0.457. The third kappa shape index (κ3) is 3.06. The first-order valence-corrected chi connectivity index (χ1v) is 7.30. The molecule has 2 aromatic rings. The Morgan fingerprint density at radius 1 is 1.10 bits per heavy atom. The second-order valence-electron chi connectivity index (χ2n) is 4.00. The summed E-state index contributed by atoms with van der Waals surface area (Å²) in [5.74, 6) is -3.12. The molecule has 0 aliphatic heterocycles. The van der Waals surface area contributed by atoms with Crippen molar-refractivity contribution in [2.45, 2.75) is 4.90 Å². The van der Waals surface area contributed by atoms with E-state index in [1.807, 2.05) is 4.72 Å². The summed E-state index contributed by atoms with van der Waals surface area (Å²) in [5, 5.41) is -0.481. The second kappa shape index (κ2) is 5.45. The maximum Gasteiger partial charge on any atom is 0.264 e. The van der Waals surface area contributed by atoms with Gasteiger partial charge in [0.05, 0.1) is 10.7 Å². The summed E-state index contributed by atoms with van der Waals surface area (Å²) in [7, 11) is -4.39. The van der Waals surface area contributed by atoms with E-state index in [1.54, 1.807) is 0 Å². The normalized spacial score (nSPS) is 11.4. The predicted octanol–water partition coefficient (Wildman–Crippen LogP) is 3.14. The third-order valence-electron chi connectivity index (χ3n) is 2.55. The van der Waals surface area contributed by atoms with Gasteiger partial charge in [0.25, 0.3) is 10.0 Å². The number of nitrogens with one attached hydrogen (secondary N) is 1. The van der Waals surface area contributed by atoms with Crippen molar-refractivity contribution in [2.75, 3.05) is 10.5 Å². The molecule has 0 heterocycles. The fraction of sp³-hybridized carbons (Fsp3) is 0. The number of hydrogen-bond donors (Lipinski definition) is 2. The Morgan fingerprint density at radius 2 is 1.76 bits per heavy atom. The van der Waals surface area contributed by atoms with Crippen molar-refractivity contribution in [3.8, 4) is 0 Å². The molecular formula is C12H8ClF3N2O2S. The molecule has 0 atom stereocenters. The van der Waals surface area contributed by atoms with Crippen LogP contribution in [0.2, 0.25) is 5.02 Å². The molecule has 112 valence electrons. The topological polar surface area (TPSA) is 72.2 Å². The molecule has 21 heavy (non-hydrogen) atoms. The van der Waals surface area contributed by atoms with Crippen molar-refractivity contribution in [3.05, 3.63) is 52.8 Å². The summed E-state index contributed by atoms with van der Waals surface area (Å²) < 4.78 is 65.8. The molecule has 2 rings (SSSR count). The number of nitrogens with two attached hydrogens (primary N) is 1. The lowest BCUT2D eigenvalue weighted by Crippen LogP contribution is -2.16. The minimum Gasteiger partial charge on any atom is -0.395 e. The van der Waals surface area contributed by atoms with Gasteiger partial charge in [-0.1, -0.05) is 17.7 Å². The molecule has 3 N–H and O–H groups in total. The van der Waals surface area contributed by atoms with Crippen LogP contribution in [0.25, 0.3) is 0 Å². The maximum absolute atomic E-state index is 13.6. The molecular weight excluding hydrogens is 329 g/mol. The van der Waals surface area contributed by atoms with Gasteiger partial charge in [-0.25, -0.2) is 21.6 Å². The minimum atomic E-state index is -4.39. The molecule has 0 saturated carbocycles. The summed E-state index contributed by atoms with van der Waals surface area (Å²) in [4.78, 5) is -0.581. The molecule has 0 amide bonds. The van der Waals surface area contributed by atoms with Crippen molar-refractivity contribution in [2.24, 2.45) is 0 Å². The maximum atomic E-state index is 13.6. The molecule has 2 aromatic carbocycles. The molecule has 4 nitrogen and oxygen atoms in total. The molecule has 0 aromatic heterocycles. The van der Waals surface area contributed by atoms with Crippen LogP contribution in [0.5, 0.6) is 0 Å². The van der Waals surface area contributed by atoms with E-state index >= 15 is 0 Å². The number of benzene rings is 2. The van der Waals surface area contributed by atoms with E-state index in [0.717, 1.165) is 24.3 Å². The lowest BCUT2D eigenvalue weighted by atomic mass is 10.3. The second-order valence-corrected chi connectivity index (χ2v) is 6.06. The van der Waals surface area contributed by atoms with Gasteiger partial charge in [0.2, 0.25) is 0 Å². The van der Waals surface area contributed by atoms with E-state index < -0.39 is 48.8 Å². The SMILES string of the molecule is Nc1c(F)cccc1S(=O)(=O)Nc1c(F)cc(F)cc1Cl. The van der Waals surface area contributed by atoms with Crippen LogP contribution in [0.1, 0.15) is 0 Å². The van der Waals surface area contributed by atoms with Gasteiger partial charge in [0.15, 0.2) is 5.82 Å². The van der Waals surface area contributed by atoms with Gasteiger partial charge < -0.3 is 5.73 Å². The first-order chi connectivity index (χ1) is 9.72. The van der Waals surface area contributed by atoms with Gasteiger partial charge in [-0.3, -0.25) is 4.72 Å². The first kappa shape index (κ1) is 15.5. The summed E-state index contributed by atoms with van der Waals surface area (Å²) >= 11 is 5.59. The number of sulfonamides is 1. The van der Waals surface area contributed by atoms with Crippen molar-refractivity contribution in [1.29, 1.82) is 0 Å². The van der Waals surface area contributed by atoms with Gasteiger partial charge in [0.1, 0.15) is 22.2 Å². The average Bonchev–Trinajstić information content (AvgIpc) is 2.37. The number of hydrogen-bond acceptors (Lipinski definition) is 3. The number of halogens is 4. The lowest BCUT2D eigenvalue weighted by Gasteiger charge is -2.12. The predicted molar refractivity (Wildman–Crippen MR) is 73.0 cm³/mol. The van der Waals surface area contributed by atoms with E-state index in [4.69, 9.17) is 17.3 Å². The van der Waals surface area contributed by atoms with Crippen LogP contribution in [0.15, 0.2) is 35.2 Å². The van der Waals surface area contributed by atoms with Gasteiger partial charge in [-0.15, -0.1) is 0 Å². The third-order valence-corrected chi connectivity index (χ3v) is 4.25. The largest absolute Gasteiger partial charge is 0.395 e. The van der Waals surface area contributed by atoms with Crippen LogP contribution in [0, 0.1) is 17.5 Å². The summed E-state index contributed by atoms with van der Waals surface area (Å²) in [6.45, 7) is 0. The van der Waals surface area contributed by atoms with Gasteiger partial charge in [-0.05, 0) is 18.2 Å². The smallest absolute Gasteiger partial charge is 0.264 e. The van der Waals surface area contributed by atoms with Gasteiger partial charge >= 0.3 is 0 Å².